The highest BCUT2D eigenvalue weighted by molar-refractivity contribution is 5.86. The van der Waals surface area contributed by atoms with Gasteiger partial charge in [-0.15, -0.1) is 0 Å². The van der Waals surface area contributed by atoms with E-state index in [-0.39, 0.29) is 22.5 Å². The Morgan fingerprint density at radius 2 is 1.77 bits per heavy atom. The van der Waals surface area contributed by atoms with Gasteiger partial charge in [-0.25, -0.2) is 4.98 Å². The van der Waals surface area contributed by atoms with Crippen molar-refractivity contribution < 1.29 is 24.2 Å². The van der Waals surface area contributed by atoms with Crippen molar-refractivity contribution in [2.45, 2.75) is 6.92 Å². The molecule has 3 aromatic rings. The molecule has 1 heterocycles. The van der Waals surface area contributed by atoms with E-state index in [0.29, 0.717) is 17.0 Å². The van der Waals surface area contributed by atoms with E-state index in [1.807, 2.05) is 0 Å². The summed E-state index contributed by atoms with van der Waals surface area (Å²) in [4.78, 5) is 27.6. The van der Waals surface area contributed by atoms with E-state index in [2.05, 4.69) is 10.1 Å². The summed E-state index contributed by atoms with van der Waals surface area (Å²) in [6.45, 7) is 1.56. The third kappa shape index (κ3) is 3.60. The van der Waals surface area contributed by atoms with Gasteiger partial charge in [0.2, 0.25) is 0 Å². The average molecular weight is 413 g/mol. The highest BCUT2D eigenvalue weighted by atomic mass is 16.6. The van der Waals surface area contributed by atoms with Crippen molar-refractivity contribution in [3.05, 3.63) is 56.1 Å². The molecule has 11 heteroatoms. The van der Waals surface area contributed by atoms with Crippen molar-refractivity contribution in [3.63, 3.8) is 0 Å². The molecule has 0 aliphatic rings. The number of benzene rings is 2. The molecule has 0 radical (unpaired) electrons. The van der Waals surface area contributed by atoms with Crippen LogP contribution in [0.3, 0.4) is 0 Å². The third-order valence-corrected chi connectivity index (χ3v) is 4.33. The highest BCUT2D eigenvalue weighted by Gasteiger charge is 2.15. The van der Waals surface area contributed by atoms with Gasteiger partial charge in [-0.2, -0.15) is 9.78 Å². The molecule has 0 atom stereocenters. The summed E-state index contributed by atoms with van der Waals surface area (Å²) in [5.74, 6) is 0.252. The zero-order chi connectivity index (χ0) is 22.0. The van der Waals surface area contributed by atoms with E-state index in [1.165, 1.54) is 33.5 Å². The maximum Gasteiger partial charge on any atom is 0.282 e. The van der Waals surface area contributed by atoms with Crippen LogP contribution in [0.4, 0.5) is 5.69 Å². The monoisotopic (exact) mass is 413 g/mol. The Morgan fingerprint density at radius 1 is 1.10 bits per heavy atom. The van der Waals surface area contributed by atoms with Crippen LogP contribution in [0.15, 0.2) is 34.2 Å². The van der Waals surface area contributed by atoms with Crippen molar-refractivity contribution in [3.8, 4) is 23.0 Å². The standard InChI is InChI=1S/C19H18N4O7/c1-10-21-14-8-17(30-4)16(29-3)7-13(14)19(25)22(10)20-9-11-5-12(28-2)6-15(18(11)24)23(26)27/h5-9,24H,1-4H3/p-1. The number of hydrogen-bond acceptors (Lipinski definition) is 9. The van der Waals surface area contributed by atoms with Gasteiger partial charge in [0, 0.05) is 6.07 Å². The van der Waals surface area contributed by atoms with Gasteiger partial charge in [-0.05, 0) is 30.4 Å². The molecule has 1 aromatic heterocycles. The van der Waals surface area contributed by atoms with E-state index in [9.17, 15) is 20.0 Å². The van der Waals surface area contributed by atoms with Crippen LogP contribution in [0.5, 0.6) is 23.0 Å². The first-order valence-electron chi connectivity index (χ1n) is 8.53. The number of methoxy groups -OCH3 is 3. The number of fused-ring (bicyclic) bond motifs is 1. The minimum atomic E-state index is -0.851. The number of aryl methyl sites for hydroxylation is 1. The number of aromatic nitrogens is 2. The van der Waals surface area contributed by atoms with Gasteiger partial charge in [-0.3, -0.25) is 14.9 Å². The third-order valence-electron chi connectivity index (χ3n) is 4.33. The lowest BCUT2D eigenvalue weighted by Gasteiger charge is -2.13. The first kappa shape index (κ1) is 20.6. The van der Waals surface area contributed by atoms with Gasteiger partial charge in [0.15, 0.2) is 11.5 Å². The van der Waals surface area contributed by atoms with Gasteiger partial charge in [0.25, 0.3) is 11.2 Å². The van der Waals surface area contributed by atoms with Crippen LogP contribution in [-0.4, -0.2) is 42.1 Å². The van der Waals surface area contributed by atoms with Crippen LogP contribution in [0.2, 0.25) is 0 Å². The highest BCUT2D eigenvalue weighted by Crippen LogP contribution is 2.32. The fourth-order valence-corrected chi connectivity index (χ4v) is 2.83. The smallest absolute Gasteiger partial charge is 0.282 e. The molecule has 0 aliphatic carbocycles. The van der Waals surface area contributed by atoms with Gasteiger partial charge in [-0.1, -0.05) is 0 Å². The zero-order valence-corrected chi connectivity index (χ0v) is 16.5. The molecule has 0 amide bonds. The Kier molecular flexibility index (Phi) is 5.54. The van der Waals surface area contributed by atoms with Gasteiger partial charge < -0.3 is 19.3 Å². The van der Waals surface area contributed by atoms with E-state index in [4.69, 9.17) is 14.2 Å². The van der Waals surface area contributed by atoms with Crippen LogP contribution in [0, 0.1) is 17.0 Å². The Morgan fingerprint density at radius 3 is 2.37 bits per heavy atom. The van der Waals surface area contributed by atoms with Gasteiger partial charge >= 0.3 is 0 Å². The largest absolute Gasteiger partial charge is 0.867 e. The molecule has 0 fully saturated rings. The molecular formula is C19H17N4O7-. The summed E-state index contributed by atoms with van der Waals surface area (Å²) in [7, 11) is 4.22. The summed E-state index contributed by atoms with van der Waals surface area (Å²) in [5, 5.41) is 27.7. The van der Waals surface area contributed by atoms with Crippen LogP contribution >= 0.6 is 0 Å². The molecule has 0 spiro atoms. The van der Waals surface area contributed by atoms with Crippen LogP contribution < -0.4 is 24.9 Å². The number of ether oxygens (including phenoxy) is 3. The molecule has 30 heavy (non-hydrogen) atoms. The average Bonchev–Trinajstić information content (AvgIpc) is 2.73. The fraction of sp³-hybridized carbons (Fsp3) is 0.211. The van der Waals surface area contributed by atoms with Crippen LogP contribution in [-0.2, 0) is 0 Å². The topological polar surface area (TPSA) is 141 Å². The minimum Gasteiger partial charge on any atom is -0.867 e. The first-order valence-corrected chi connectivity index (χ1v) is 8.53. The normalized spacial score (nSPS) is 11.1. The predicted molar refractivity (Wildman–Crippen MR) is 106 cm³/mol. The van der Waals surface area contributed by atoms with Crippen molar-refractivity contribution in [2.75, 3.05) is 21.3 Å². The lowest BCUT2D eigenvalue weighted by molar-refractivity contribution is -0.398. The zero-order valence-electron chi connectivity index (χ0n) is 16.5. The predicted octanol–water partition coefficient (Wildman–Crippen LogP) is 1.59. The lowest BCUT2D eigenvalue weighted by atomic mass is 10.1. The molecular weight excluding hydrogens is 396 g/mol. The van der Waals surface area contributed by atoms with E-state index >= 15 is 0 Å². The summed E-state index contributed by atoms with van der Waals surface area (Å²) >= 11 is 0. The number of nitro groups is 1. The second-order valence-electron chi connectivity index (χ2n) is 6.07. The van der Waals surface area contributed by atoms with Gasteiger partial charge in [0.1, 0.15) is 11.6 Å². The maximum absolute atomic E-state index is 12.9. The quantitative estimate of drug-likeness (QED) is 0.337. The van der Waals surface area contributed by atoms with Crippen LogP contribution in [0.1, 0.15) is 11.4 Å². The molecule has 0 aliphatic heterocycles. The Bertz CT molecular complexity index is 1230. The molecule has 11 nitrogen and oxygen atoms in total. The van der Waals surface area contributed by atoms with Crippen molar-refractivity contribution in [1.29, 1.82) is 0 Å². The minimum absolute atomic E-state index is 0.111. The Balaban J connectivity index is 2.17. The number of hydrogen-bond donors (Lipinski definition) is 0. The molecule has 2 aromatic carbocycles. The van der Waals surface area contributed by atoms with Crippen molar-refractivity contribution in [2.24, 2.45) is 5.10 Å². The van der Waals surface area contributed by atoms with E-state index < -0.39 is 21.9 Å². The van der Waals surface area contributed by atoms with Crippen LogP contribution in [0.25, 0.3) is 10.9 Å². The molecule has 3 rings (SSSR count). The molecule has 0 saturated carbocycles. The Labute approximate surface area is 169 Å². The number of nitro benzene ring substituents is 1. The van der Waals surface area contributed by atoms with Crippen molar-refractivity contribution in [1.82, 2.24) is 9.66 Å². The number of rotatable bonds is 6. The SMILES string of the molecule is COc1cc(C=Nn2c(C)nc3cc(OC)c(OC)cc3c2=O)c([O-])c([N+](=O)[O-])c1. The molecule has 0 N–H and O–H groups in total. The molecule has 0 bridgehead atoms. The summed E-state index contributed by atoms with van der Waals surface area (Å²) in [6, 6.07) is 5.36. The summed E-state index contributed by atoms with van der Waals surface area (Å²) in [5.41, 5.74) is -0.907. The van der Waals surface area contributed by atoms with Crippen molar-refractivity contribution >= 4 is 22.8 Å². The number of nitrogens with zero attached hydrogens (tertiary/aromatic N) is 4. The van der Waals surface area contributed by atoms with Gasteiger partial charge in [0.05, 0.1) is 49.4 Å². The second kappa shape index (κ2) is 8.07. The maximum atomic E-state index is 12.9. The fourth-order valence-electron chi connectivity index (χ4n) is 2.83. The molecule has 156 valence electrons. The molecule has 0 unspecified atom stereocenters. The lowest BCUT2D eigenvalue weighted by Crippen LogP contribution is -2.21. The van der Waals surface area contributed by atoms with E-state index in [0.717, 1.165) is 17.0 Å². The van der Waals surface area contributed by atoms with E-state index in [1.54, 1.807) is 13.0 Å². The second-order valence-corrected chi connectivity index (χ2v) is 6.07. The summed E-state index contributed by atoms with van der Waals surface area (Å²) in [6.07, 6.45) is 1.06. The first-order chi connectivity index (χ1) is 14.3. The molecule has 0 saturated heterocycles. The Hall–Kier alpha value is -4.15. The summed E-state index contributed by atoms with van der Waals surface area (Å²) < 4.78 is 16.4.